The molecule has 0 atom stereocenters. The molecule has 1 aromatic rings. The van der Waals surface area contributed by atoms with E-state index in [1.165, 1.54) is 6.07 Å². The average molecular weight is 340 g/mol. The molecule has 7 heteroatoms. The molecule has 0 aliphatic carbocycles. The van der Waals surface area contributed by atoms with Gasteiger partial charge in [0.05, 0.1) is 22.8 Å². The Morgan fingerprint density at radius 2 is 2.00 bits per heavy atom. The van der Waals surface area contributed by atoms with Crippen molar-refractivity contribution in [3.8, 4) is 6.07 Å². The number of nitrogens with zero attached hydrogens (tertiary/aromatic N) is 1. The van der Waals surface area contributed by atoms with E-state index in [0.29, 0.717) is 0 Å². The Balaban J connectivity index is 3.52. The van der Waals surface area contributed by atoms with E-state index in [2.05, 4.69) is 0 Å². The summed E-state index contributed by atoms with van der Waals surface area (Å²) in [5.41, 5.74) is 3.20. The Bertz CT molecular complexity index is 491. The zero-order chi connectivity index (χ0) is 12.5. The third-order valence-electron chi connectivity index (χ3n) is 1.80. The highest BCUT2D eigenvalue weighted by atomic mass is 127. The van der Waals surface area contributed by atoms with Gasteiger partial charge in [0, 0.05) is 3.57 Å². The van der Waals surface area contributed by atoms with Gasteiger partial charge in [0.25, 0.3) is 0 Å². The number of nitrogens with two attached hydrogens (primary N) is 1. The normalized spacial score (nSPS) is 10.9. The molecule has 16 heavy (non-hydrogen) atoms. The van der Waals surface area contributed by atoms with Crippen molar-refractivity contribution in [2.45, 2.75) is 6.18 Å². The van der Waals surface area contributed by atoms with Gasteiger partial charge in [0.1, 0.15) is 0 Å². The van der Waals surface area contributed by atoms with Crippen molar-refractivity contribution in [1.82, 2.24) is 0 Å². The molecule has 0 bridgehead atoms. The minimum absolute atomic E-state index is 0.0661. The van der Waals surface area contributed by atoms with Crippen LogP contribution in [0.1, 0.15) is 21.5 Å². The SMILES string of the molecule is N#Cc1cc(C(N)=O)c(I)cc1C(F)(F)F. The Morgan fingerprint density at radius 1 is 1.44 bits per heavy atom. The summed E-state index contributed by atoms with van der Waals surface area (Å²) in [6.07, 6.45) is -4.62. The summed E-state index contributed by atoms with van der Waals surface area (Å²) in [6, 6.07) is 2.98. The van der Waals surface area contributed by atoms with Gasteiger partial charge < -0.3 is 5.73 Å². The molecule has 1 amide bonds. The quantitative estimate of drug-likeness (QED) is 0.797. The molecule has 0 aliphatic rings. The first-order valence-electron chi connectivity index (χ1n) is 3.88. The van der Waals surface area contributed by atoms with Crippen LogP contribution in [0.3, 0.4) is 0 Å². The molecule has 0 spiro atoms. The number of carbonyl (C=O) groups excluding carboxylic acids is 1. The predicted octanol–water partition coefficient (Wildman–Crippen LogP) is 2.28. The first-order chi connectivity index (χ1) is 7.27. The van der Waals surface area contributed by atoms with E-state index in [0.717, 1.165) is 12.1 Å². The van der Waals surface area contributed by atoms with Crippen LogP contribution >= 0.6 is 22.6 Å². The lowest BCUT2D eigenvalue weighted by molar-refractivity contribution is -0.137. The van der Waals surface area contributed by atoms with E-state index in [-0.39, 0.29) is 9.13 Å². The lowest BCUT2D eigenvalue weighted by Crippen LogP contribution is -2.16. The van der Waals surface area contributed by atoms with Crippen LogP contribution in [0.4, 0.5) is 13.2 Å². The smallest absolute Gasteiger partial charge is 0.366 e. The molecule has 0 fully saturated rings. The van der Waals surface area contributed by atoms with E-state index in [1.807, 2.05) is 0 Å². The highest BCUT2D eigenvalue weighted by Gasteiger charge is 2.34. The summed E-state index contributed by atoms with van der Waals surface area (Å²) in [5, 5.41) is 8.57. The number of benzene rings is 1. The maximum atomic E-state index is 12.5. The summed E-state index contributed by atoms with van der Waals surface area (Å²) in [7, 11) is 0. The second kappa shape index (κ2) is 4.29. The second-order valence-corrected chi connectivity index (χ2v) is 4.01. The van der Waals surface area contributed by atoms with Crippen molar-refractivity contribution in [3.63, 3.8) is 0 Å². The number of halogens is 4. The number of amides is 1. The number of primary amides is 1. The molecule has 2 N–H and O–H groups in total. The molecule has 84 valence electrons. The number of rotatable bonds is 1. The van der Waals surface area contributed by atoms with E-state index in [9.17, 15) is 18.0 Å². The Labute approximate surface area is 102 Å². The Kier molecular flexibility index (Phi) is 3.42. The molecule has 1 rings (SSSR count). The van der Waals surface area contributed by atoms with Crippen LogP contribution in [0.25, 0.3) is 0 Å². The van der Waals surface area contributed by atoms with Crippen LogP contribution in [-0.4, -0.2) is 5.91 Å². The topological polar surface area (TPSA) is 66.9 Å². The molecule has 0 heterocycles. The number of hydrogen-bond donors (Lipinski definition) is 1. The van der Waals surface area contributed by atoms with Crippen molar-refractivity contribution in [2.24, 2.45) is 5.73 Å². The van der Waals surface area contributed by atoms with Crippen molar-refractivity contribution in [3.05, 3.63) is 32.4 Å². The van der Waals surface area contributed by atoms with E-state index < -0.39 is 23.2 Å². The van der Waals surface area contributed by atoms with Gasteiger partial charge >= 0.3 is 6.18 Å². The van der Waals surface area contributed by atoms with Gasteiger partial charge in [0.2, 0.25) is 5.91 Å². The zero-order valence-corrected chi connectivity index (χ0v) is 9.76. The zero-order valence-electron chi connectivity index (χ0n) is 7.60. The predicted molar refractivity (Wildman–Crippen MR) is 57.4 cm³/mol. The fraction of sp³-hybridized carbons (Fsp3) is 0.111. The van der Waals surface area contributed by atoms with Gasteiger partial charge in [-0.1, -0.05) is 0 Å². The summed E-state index contributed by atoms with van der Waals surface area (Å²) < 4.78 is 37.5. The molecular formula is C9H4F3IN2O. The maximum absolute atomic E-state index is 12.5. The standard InChI is InChI=1S/C9H4F3IN2O/c10-9(11,12)6-2-7(13)5(8(15)16)1-4(6)3-14/h1-2H,(H2,15,16). The van der Waals surface area contributed by atoms with Gasteiger partial charge in [-0.3, -0.25) is 4.79 Å². The lowest BCUT2D eigenvalue weighted by atomic mass is 10.0. The molecule has 0 saturated carbocycles. The molecule has 0 radical (unpaired) electrons. The van der Waals surface area contributed by atoms with Crippen LogP contribution in [0.15, 0.2) is 12.1 Å². The fourth-order valence-corrected chi connectivity index (χ4v) is 1.82. The molecular weight excluding hydrogens is 336 g/mol. The summed E-state index contributed by atoms with van der Waals surface area (Å²) >= 11 is 1.56. The van der Waals surface area contributed by atoms with E-state index >= 15 is 0 Å². The van der Waals surface area contributed by atoms with Gasteiger partial charge in [-0.2, -0.15) is 18.4 Å². The number of alkyl halides is 3. The van der Waals surface area contributed by atoms with Gasteiger partial charge in [0.15, 0.2) is 0 Å². The molecule has 0 unspecified atom stereocenters. The van der Waals surface area contributed by atoms with Gasteiger partial charge in [-0.25, -0.2) is 0 Å². The third-order valence-corrected chi connectivity index (χ3v) is 2.69. The molecule has 1 aromatic carbocycles. The number of nitriles is 1. The van der Waals surface area contributed by atoms with Gasteiger partial charge in [-0.05, 0) is 34.7 Å². The largest absolute Gasteiger partial charge is 0.417 e. The Morgan fingerprint density at radius 3 is 2.38 bits per heavy atom. The molecule has 3 nitrogen and oxygen atoms in total. The summed E-state index contributed by atoms with van der Waals surface area (Å²) in [5.74, 6) is -0.866. The second-order valence-electron chi connectivity index (χ2n) is 2.85. The maximum Gasteiger partial charge on any atom is 0.417 e. The first kappa shape index (κ1) is 12.8. The van der Waals surface area contributed by atoms with Crippen molar-refractivity contribution < 1.29 is 18.0 Å². The van der Waals surface area contributed by atoms with E-state index in [4.69, 9.17) is 11.0 Å². The van der Waals surface area contributed by atoms with Crippen LogP contribution in [-0.2, 0) is 6.18 Å². The summed E-state index contributed by atoms with van der Waals surface area (Å²) in [4.78, 5) is 10.9. The first-order valence-corrected chi connectivity index (χ1v) is 4.96. The monoisotopic (exact) mass is 340 g/mol. The average Bonchev–Trinajstić information content (AvgIpc) is 2.15. The lowest BCUT2D eigenvalue weighted by Gasteiger charge is -2.10. The van der Waals surface area contributed by atoms with Crippen molar-refractivity contribution in [1.29, 1.82) is 5.26 Å². The third kappa shape index (κ3) is 2.44. The highest BCUT2D eigenvalue weighted by molar-refractivity contribution is 14.1. The van der Waals surface area contributed by atoms with Crippen molar-refractivity contribution in [2.75, 3.05) is 0 Å². The number of carbonyl (C=O) groups is 1. The Hall–Kier alpha value is -1.30. The van der Waals surface area contributed by atoms with Crippen LogP contribution < -0.4 is 5.73 Å². The molecule has 0 saturated heterocycles. The van der Waals surface area contributed by atoms with Gasteiger partial charge in [-0.15, -0.1) is 0 Å². The van der Waals surface area contributed by atoms with E-state index in [1.54, 1.807) is 22.6 Å². The minimum atomic E-state index is -4.62. The van der Waals surface area contributed by atoms with Crippen LogP contribution in [0.5, 0.6) is 0 Å². The minimum Gasteiger partial charge on any atom is -0.366 e. The van der Waals surface area contributed by atoms with Crippen LogP contribution in [0, 0.1) is 14.9 Å². The number of hydrogen-bond acceptors (Lipinski definition) is 2. The summed E-state index contributed by atoms with van der Waals surface area (Å²) in [6.45, 7) is 0. The molecule has 0 aliphatic heterocycles. The van der Waals surface area contributed by atoms with Crippen LogP contribution in [0.2, 0.25) is 0 Å². The van der Waals surface area contributed by atoms with Crippen molar-refractivity contribution >= 4 is 28.5 Å². The fourth-order valence-electron chi connectivity index (χ4n) is 1.09. The molecule has 0 aromatic heterocycles. The highest BCUT2D eigenvalue weighted by Crippen LogP contribution is 2.33.